The van der Waals surface area contributed by atoms with Crippen molar-refractivity contribution in [1.29, 1.82) is 0 Å². The SMILES string of the molecule is O=C(NCc1ccccc1)c1coc(CN2CCN(C[C@H](O)Cc3ccccc3)CC2)n1. The number of aromatic nitrogens is 1. The Labute approximate surface area is 188 Å². The number of hydrogen-bond donors (Lipinski definition) is 2. The first-order valence-electron chi connectivity index (χ1n) is 11.1. The second kappa shape index (κ2) is 11.0. The molecule has 0 radical (unpaired) electrons. The number of nitrogens with one attached hydrogen (secondary N) is 1. The maximum Gasteiger partial charge on any atom is 0.273 e. The minimum atomic E-state index is -0.368. The highest BCUT2D eigenvalue weighted by Crippen LogP contribution is 2.11. The van der Waals surface area contributed by atoms with E-state index in [1.165, 1.54) is 6.26 Å². The van der Waals surface area contributed by atoms with Crippen LogP contribution in [0.15, 0.2) is 71.3 Å². The summed E-state index contributed by atoms with van der Waals surface area (Å²) in [6.45, 7) is 5.22. The Kier molecular flexibility index (Phi) is 7.66. The van der Waals surface area contributed by atoms with Crippen LogP contribution in [0.1, 0.15) is 27.5 Å². The molecule has 1 aliphatic heterocycles. The number of aliphatic hydroxyl groups excluding tert-OH is 1. The van der Waals surface area contributed by atoms with E-state index in [9.17, 15) is 9.90 Å². The molecule has 4 rings (SSSR count). The molecule has 1 amide bonds. The third kappa shape index (κ3) is 6.50. The Bertz CT molecular complexity index is 969. The smallest absolute Gasteiger partial charge is 0.273 e. The highest BCUT2D eigenvalue weighted by atomic mass is 16.3. The number of carbonyl (C=O) groups excluding carboxylic acids is 1. The van der Waals surface area contributed by atoms with Crippen LogP contribution >= 0.6 is 0 Å². The normalized spacial score (nSPS) is 16.0. The van der Waals surface area contributed by atoms with Crippen LogP contribution in [-0.4, -0.2) is 64.6 Å². The fourth-order valence-corrected chi connectivity index (χ4v) is 3.93. The molecule has 0 saturated carbocycles. The number of piperazine rings is 1. The summed E-state index contributed by atoms with van der Waals surface area (Å²) in [6, 6.07) is 19.9. The van der Waals surface area contributed by atoms with Crippen LogP contribution in [-0.2, 0) is 19.5 Å². The third-order valence-electron chi connectivity index (χ3n) is 5.69. The second-order valence-electron chi connectivity index (χ2n) is 8.22. The average molecular weight is 435 g/mol. The van der Waals surface area contributed by atoms with Gasteiger partial charge in [-0.3, -0.25) is 14.6 Å². The van der Waals surface area contributed by atoms with Crippen molar-refractivity contribution in [3.05, 3.63) is 89.6 Å². The van der Waals surface area contributed by atoms with Gasteiger partial charge in [0.25, 0.3) is 5.91 Å². The van der Waals surface area contributed by atoms with Crippen LogP contribution in [0.5, 0.6) is 0 Å². The van der Waals surface area contributed by atoms with Crippen LogP contribution in [0.2, 0.25) is 0 Å². The fourth-order valence-electron chi connectivity index (χ4n) is 3.93. The predicted octanol–water partition coefficient (Wildman–Crippen LogP) is 2.33. The topological polar surface area (TPSA) is 81.8 Å². The number of aliphatic hydroxyl groups is 1. The van der Waals surface area contributed by atoms with Gasteiger partial charge in [-0.05, 0) is 17.5 Å². The number of oxazole rings is 1. The van der Waals surface area contributed by atoms with Crippen LogP contribution in [0.4, 0.5) is 0 Å². The summed E-state index contributed by atoms with van der Waals surface area (Å²) >= 11 is 0. The van der Waals surface area contributed by atoms with Gasteiger partial charge in [0.05, 0.1) is 12.6 Å². The van der Waals surface area contributed by atoms with Crippen LogP contribution < -0.4 is 5.32 Å². The molecule has 0 bridgehead atoms. The summed E-state index contributed by atoms with van der Waals surface area (Å²) in [6.07, 6.45) is 1.73. The number of hydrogen-bond acceptors (Lipinski definition) is 6. The molecule has 7 heteroatoms. The number of carbonyl (C=O) groups is 1. The van der Waals surface area contributed by atoms with Crippen molar-refractivity contribution >= 4 is 5.91 Å². The lowest BCUT2D eigenvalue weighted by molar-refractivity contribution is 0.0675. The first-order chi connectivity index (χ1) is 15.7. The molecule has 2 aromatic carbocycles. The predicted molar refractivity (Wildman–Crippen MR) is 122 cm³/mol. The summed E-state index contributed by atoms with van der Waals surface area (Å²) in [5.74, 6) is 0.313. The summed E-state index contributed by atoms with van der Waals surface area (Å²) in [5, 5.41) is 13.3. The van der Waals surface area contributed by atoms with E-state index in [2.05, 4.69) is 20.1 Å². The van der Waals surface area contributed by atoms with Crippen molar-refractivity contribution in [3.63, 3.8) is 0 Å². The largest absolute Gasteiger partial charge is 0.447 e. The Hall–Kier alpha value is -3.00. The average Bonchev–Trinajstić information content (AvgIpc) is 3.29. The Balaban J connectivity index is 1.18. The van der Waals surface area contributed by atoms with Gasteiger partial charge in [0.1, 0.15) is 6.26 Å². The van der Waals surface area contributed by atoms with Gasteiger partial charge >= 0.3 is 0 Å². The highest BCUT2D eigenvalue weighted by molar-refractivity contribution is 5.91. The third-order valence-corrected chi connectivity index (χ3v) is 5.69. The molecule has 1 fully saturated rings. The van der Waals surface area contributed by atoms with Gasteiger partial charge < -0.3 is 14.8 Å². The zero-order valence-electron chi connectivity index (χ0n) is 18.2. The zero-order chi connectivity index (χ0) is 22.2. The van der Waals surface area contributed by atoms with Gasteiger partial charge in [0.2, 0.25) is 5.89 Å². The maximum absolute atomic E-state index is 12.3. The van der Waals surface area contributed by atoms with Crippen molar-refractivity contribution in [2.45, 2.75) is 25.6 Å². The number of amides is 1. The molecule has 1 aliphatic rings. The Morgan fingerprint density at radius 1 is 0.969 bits per heavy atom. The van der Waals surface area contributed by atoms with Crippen molar-refractivity contribution in [1.82, 2.24) is 20.1 Å². The highest BCUT2D eigenvalue weighted by Gasteiger charge is 2.21. The molecule has 0 aliphatic carbocycles. The molecule has 1 saturated heterocycles. The van der Waals surface area contributed by atoms with E-state index in [-0.39, 0.29) is 12.0 Å². The summed E-state index contributed by atoms with van der Waals surface area (Å²) in [5.41, 5.74) is 2.50. The number of β-amino-alcohol motifs (C(OH)–C–C–N with tert-alkyl or cyclic N) is 1. The van der Waals surface area contributed by atoms with E-state index in [0.717, 1.165) is 37.3 Å². The molecular formula is C25H30N4O3. The Morgan fingerprint density at radius 3 is 2.28 bits per heavy atom. The van der Waals surface area contributed by atoms with Crippen molar-refractivity contribution in [2.75, 3.05) is 32.7 Å². The van der Waals surface area contributed by atoms with E-state index in [0.29, 0.717) is 37.6 Å². The quantitative estimate of drug-likeness (QED) is 0.538. The summed E-state index contributed by atoms with van der Waals surface area (Å²) in [7, 11) is 0. The molecule has 0 spiro atoms. The van der Waals surface area contributed by atoms with E-state index >= 15 is 0 Å². The molecule has 168 valence electrons. The van der Waals surface area contributed by atoms with E-state index in [1.807, 2.05) is 60.7 Å². The number of benzene rings is 2. The van der Waals surface area contributed by atoms with Gasteiger partial charge in [-0.25, -0.2) is 4.98 Å². The molecule has 0 unspecified atom stereocenters. The fraction of sp³-hybridized carbons (Fsp3) is 0.360. The van der Waals surface area contributed by atoms with Crippen molar-refractivity contribution in [2.24, 2.45) is 0 Å². The lowest BCUT2D eigenvalue weighted by Gasteiger charge is -2.35. The lowest BCUT2D eigenvalue weighted by atomic mass is 10.1. The molecule has 1 aromatic heterocycles. The molecule has 32 heavy (non-hydrogen) atoms. The maximum atomic E-state index is 12.3. The summed E-state index contributed by atoms with van der Waals surface area (Å²) in [4.78, 5) is 21.2. The minimum absolute atomic E-state index is 0.235. The molecule has 2 heterocycles. The molecule has 2 N–H and O–H groups in total. The van der Waals surface area contributed by atoms with Gasteiger partial charge in [-0.2, -0.15) is 0 Å². The van der Waals surface area contributed by atoms with Gasteiger partial charge in [0.15, 0.2) is 5.69 Å². The standard InChI is InChI=1S/C25H30N4O3/c30-22(15-20-7-3-1-4-8-20)17-28-11-13-29(14-12-28)18-24-27-23(19-32-24)25(31)26-16-21-9-5-2-6-10-21/h1-10,19,22,30H,11-18H2,(H,26,31)/t22-/m1/s1. The Morgan fingerprint density at radius 2 is 1.59 bits per heavy atom. The first kappa shape index (κ1) is 22.2. The van der Waals surface area contributed by atoms with Gasteiger partial charge in [0, 0.05) is 39.3 Å². The van der Waals surface area contributed by atoms with Crippen LogP contribution in [0.3, 0.4) is 0 Å². The molecule has 1 atom stereocenters. The zero-order valence-corrected chi connectivity index (χ0v) is 18.2. The van der Waals surface area contributed by atoms with Crippen LogP contribution in [0.25, 0.3) is 0 Å². The second-order valence-corrected chi connectivity index (χ2v) is 8.22. The van der Waals surface area contributed by atoms with E-state index < -0.39 is 0 Å². The summed E-state index contributed by atoms with van der Waals surface area (Å²) < 4.78 is 5.53. The minimum Gasteiger partial charge on any atom is -0.447 e. The monoisotopic (exact) mass is 434 g/mol. The lowest BCUT2D eigenvalue weighted by Crippen LogP contribution is -2.48. The van der Waals surface area contributed by atoms with Gasteiger partial charge in [-0.15, -0.1) is 0 Å². The van der Waals surface area contributed by atoms with Gasteiger partial charge in [-0.1, -0.05) is 60.7 Å². The van der Waals surface area contributed by atoms with Crippen molar-refractivity contribution < 1.29 is 14.3 Å². The first-order valence-corrected chi connectivity index (χ1v) is 11.1. The van der Waals surface area contributed by atoms with E-state index in [4.69, 9.17) is 4.42 Å². The van der Waals surface area contributed by atoms with Crippen molar-refractivity contribution in [3.8, 4) is 0 Å². The van der Waals surface area contributed by atoms with Crippen LogP contribution in [0, 0.1) is 0 Å². The molecule has 7 nitrogen and oxygen atoms in total. The molecular weight excluding hydrogens is 404 g/mol. The number of rotatable bonds is 9. The molecule has 3 aromatic rings. The van der Waals surface area contributed by atoms with E-state index in [1.54, 1.807) is 0 Å². The number of nitrogens with zero attached hydrogens (tertiary/aromatic N) is 3.